The number of nitrogens with zero attached hydrogens (tertiary/aromatic N) is 2. The summed E-state index contributed by atoms with van der Waals surface area (Å²) in [5.74, 6) is -0.000864. The summed E-state index contributed by atoms with van der Waals surface area (Å²) in [6, 6.07) is 9.55. The van der Waals surface area contributed by atoms with Crippen molar-refractivity contribution >= 4 is 17.3 Å². The van der Waals surface area contributed by atoms with Crippen LogP contribution in [0.1, 0.15) is 42.7 Å². The maximum absolute atomic E-state index is 12.5. The van der Waals surface area contributed by atoms with Crippen LogP contribution in [0, 0.1) is 20.2 Å². The first-order chi connectivity index (χ1) is 12.7. The van der Waals surface area contributed by atoms with Crippen LogP contribution < -0.4 is 10.1 Å². The molecule has 1 N–H and O–H groups in total. The first-order valence-electron chi connectivity index (χ1n) is 8.18. The lowest BCUT2D eigenvalue weighted by Crippen LogP contribution is -2.26. The highest BCUT2D eigenvalue weighted by molar-refractivity contribution is 5.95. The van der Waals surface area contributed by atoms with Crippen LogP contribution in [0.4, 0.5) is 11.4 Å². The predicted octanol–water partition coefficient (Wildman–Crippen LogP) is 3.78. The minimum Gasteiger partial charge on any atom is -0.491 e. The molecule has 0 aliphatic carbocycles. The van der Waals surface area contributed by atoms with Gasteiger partial charge in [0.05, 0.1) is 33.6 Å². The van der Waals surface area contributed by atoms with Crippen LogP contribution >= 0.6 is 0 Å². The van der Waals surface area contributed by atoms with Crippen LogP contribution in [-0.4, -0.2) is 21.9 Å². The van der Waals surface area contributed by atoms with Gasteiger partial charge in [-0.3, -0.25) is 25.0 Å². The standard InChI is InChI=1S/C18H19N3O6/c1-11(2)27-17-6-4-5-13(9-17)12(3)19-18(22)14-7-15(20(23)24)10-16(8-14)21(25)26/h4-12H,1-3H3,(H,19,22)/t12-/m0/s1. The van der Waals surface area contributed by atoms with E-state index in [2.05, 4.69) is 5.32 Å². The molecule has 2 aromatic carbocycles. The third-order valence-corrected chi connectivity index (χ3v) is 3.66. The van der Waals surface area contributed by atoms with Crippen molar-refractivity contribution in [1.82, 2.24) is 5.32 Å². The largest absolute Gasteiger partial charge is 0.491 e. The molecule has 27 heavy (non-hydrogen) atoms. The van der Waals surface area contributed by atoms with Gasteiger partial charge in [0.15, 0.2) is 0 Å². The van der Waals surface area contributed by atoms with Gasteiger partial charge in [-0.2, -0.15) is 0 Å². The highest BCUT2D eigenvalue weighted by atomic mass is 16.6. The quantitative estimate of drug-likeness (QED) is 0.581. The van der Waals surface area contributed by atoms with Gasteiger partial charge in [0.2, 0.25) is 0 Å². The summed E-state index contributed by atoms with van der Waals surface area (Å²) in [7, 11) is 0. The zero-order chi connectivity index (χ0) is 20.1. The number of non-ortho nitro benzene ring substituents is 2. The van der Waals surface area contributed by atoms with Gasteiger partial charge in [-0.25, -0.2) is 0 Å². The number of nitro groups is 2. The smallest absolute Gasteiger partial charge is 0.277 e. The highest BCUT2D eigenvalue weighted by Crippen LogP contribution is 2.24. The molecule has 0 aliphatic rings. The molecule has 0 heterocycles. The number of hydrogen-bond donors (Lipinski definition) is 1. The number of benzene rings is 2. The van der Waals surface area contributed by atoms with E-state index in [0.29, 0.717) is 5.75 Å². The van der Waals surface area contributed by atoms with Crippen molar-refractivity contribution < 1.29 is 19.4 Å². The van der Waals surface area contributed by atoms with Gasteiger partial charge in [0.25, 0.3) is 17.3 Å². The molecule has 0 aromatic heterocycles. The molecule has 0 fully saturated rings. The van der Waals surface area contributed by atoms with Gasteiger partial charge >= 0.3 is 0 Å². The summed E-state index contributed by atoms with van der Waals surface area (Å²) in [5.41, 5.74) is -0.428. The van der Waals surface area contributed by atoms with Gasteiger partial charge in [-0.05, 0) is 38.5 Å². The van der Waals surface area contributed by atoms with Gasteiger partial charge in [-0.15, -0.1) is 0 Å². The minimum absolute atomic E-state index is 0.00411. The fourth-order valence-electron chi connectivity index (χ4n) is 2.43. The Hall–Kier alpha value is -3.49. The average Bonchev–Trinajstić information content (AvgIpc) is 2.60. The van der Waals surface area contributed by atoms with Crippen molar-refractivity contribution in [2.75, 3.05) is 0 Å². The molecule has 0 spiro atoms. The summed E-state index contributed by atoms with van der Waals surface area (Å²) in [4.78, 5) is 32.8. The van der Waals surface area contributed by atoms with E-state index in [4.69, 9.17) is 4.74 Å². The number of carbonyl (C=O) groups excluding carboxylic acids is 1. The minimum atomic E-state index is -0.778. The summed E-state index contributed by atoms with van der Waals surface area (Å²) in [6.07, 6.45) is -0.00411. The molecule has 2 rings (SSSR count). The molecule has 0 radical (unpaired) electrons. The zero-order valence-corrected chi connectivity index (χ0v) is 15.0. The molecule has 1 amide bonds. The van der Waals surface area contributed by atoms with Crippen LogP contribution in [0.5, 0.6) is 5.75 Å². The number of carbonyl (C=O) groups is 1. The maximum atomic E-state index is 12.5. The number of rotatable bonds is 7. The lowest BCUT2D eigenvalue weighted by molar-refractivity contribution is -0.394. The van der Waals surface area contributed by atoms with Crippen molar-refractivity contribution in [3.63, 3.8) is 0 Å². The molecular weight excluding hydrogens is 354 g/mol. The normalized spacial score (nSPS) is 11.7. The average molecular weight is 373 g/mol. The molecule has 1 atom stereocenters. The van der Waals surface area contributed by atoms with E-state index in [1.54, 1.807) is 31.2 Å². The van der Waals surface area contributed by atoms with Crippen LogP contribution in [0.2, 0.25) is 0 Å². The van der Waals surface area contributed by atoms with E-state index in [0.717, 1.165) is 23.8 Å². The van der Waals surface area contributed by atoms with Crippen molar-refractivity contribution in [3.05, 3.63) is 73.8 Å². The zero-order valence-electron chi connectivity index (χ0n) is 15.0. The van der Waals surface area contributed by atoms with Crippen molar-refractivity contribution in [2.45, 2.75) is 32.9 Å². The Morgan fingerprint density at radius 3 is 2.11 bits per heavy atom. The molecule has 9 heteroatoms. The Bertz CT molecular complexity index is 849. The fourth-order valence-corrected chi connectivity index (χ4v) is 2.43. The van der Waals surface area contributed by atoms with Gasteiger partial charge < -0.3 is 10.1 Å². The SMILES string of the molecule is CC(C)Oc1cccc([C@H](C)NC(=O)c2cc([N+](=O)[O-])cc([N+](=O)[O-])c2)c1. The Morgan fingerprint density at radius 1 is 1.00 bits per heavy atom. The van der Waals surface area contributed by atoms with Crippen LogP contribution in [0.15, 0.2) is 42.5 Å². The van der Waals surface area contributed by atoms with E-state index in [-0.39, 0.29) is 11.7 Å². The second-order valence-corrected chi connectivity index (χ2v) is 6.19. The Balaban J connectivity index is 2.24. The van der Waals surface area contributed by atoms with Gasteiger partial charge in [0.1, 0.15) is 5.75 Å². The first kappa shape index (κ1) is 19.8. The molecular formula is C18H19N3O6. The van der Waals surface area contributed by atoms with E-state index < -0.39 is 33.2 Å². The third-order valence-electron chi connectivity index (χ3n) is 3.66. The van der Waals surface area contributed by atoms with E-state index in [9.17, 15) is 25.0 Å². The predicted molar refractivity (Wildman–Crippen MR) is 97.8 cm³/mol. The maximum Gasteiger partial charge on any atom is 0.277 e. The second-order valence-electron chi connectivity index (χ2n) is 6.19. The number of nitro benzene ring substituents is 2. The van der Waals surface area contributed by atoms with Crippen molar-refractivity contribution in [3.8, 4) is 5.75 Å². The van der Waals surface area contributed by atoms with Crippen LogP contribution in [0.3, 0.4) is 0 Å². The fraction of sp³-hybridized carbons (Fsp3) is 0.278. The van der Waals surface area contributed by atoms with Crippen molar-refractivity contribution in [1.29, 1.82) is 0 Å². The first-order valence-corrected chi connectivity index (χ1v) is 8.18. The molecule has 0 unspecified atom stereocenters. The van der Waals surface area contributed by atoms with E-state index in [1.165, 1.54) is 0 Å². The number of amides is 1. The number of hydrogen-bond acceptors (Lipinski definition) is 6. The summed E-state index contributed by atoms with van der Waals surface area (Å²) < 4.78 is 5.62. The van der Waals surface area contributed by atoms with Crippen LogP contribution in [0.25, 0.3) is 0 Å². The molecule has 2 aromatic rings. The van der Waals surface area contributed by atoms with E-state index >= 15 is 0 Å². The lowest BCUT2D eigenvalue weighted by atomic mass is 10.1. The molecule has 0 aliphatic heterocycles. The second kappa shape index (κ2) is 8.26. The highest BCUT2D eigenvalue weighted by Gasteiger charge is 2.21. The Labute approximate surface area is 155 Å². The summed E-state index contributed by atoms with van der Waals surface area (Å²) >= 11 is 0. The molecule has 0 saturated carbocycles. The van der Waals surface area contributed by atoms with Gasteiger partial charge in [-0.1, -0.05) is 12.1 Å². The van der Waals surface area contributed by atoms with Crippen LogP contribution in [-0.2, 0) is 0 Å². The monoisotopic (exact) mass is 373 g/mol. The van der Waals surface area contributed by atoms with Gasteiger partial charge in [0, 0.05) is 12.1 Å². The van der Waals surface area contributed by atoms with Crippen molar-refractivity contribution in [2.24, 2.45) is 0 Å². The lowest BCUT2D eigenvalue weighted by Gasteiger charge is -2.16. The topological polar surface area (TPSA) is 125 Å². The Kier molecular flexibility index (Phi) is 6.07. The number of nitrogens with one attached hydrogen (secondary N) is 1. The number of ether oxygens (including phenoxy) is 1. The summed E-state index contributed by atoms with van der Waals surface area (Å²) in [6.45, 7) is 5.53. The summed E-state index contributed by atoms with van der Waals surface area (Å²) in [5, 5.41) is 24.6. The molecule has 9 nitrogen and oxygen atoms in total. The molecule has 0 bridgehead atoms. The van der Waals surface area contributed by atoms with E-state index in [1.807, 2.05) is 13.8 Å². The third kappa shape index (κ3) is 5.24. The molecule has 142 valence electrons. The Morgan fingerprint density at radius 2 is 1.59 bits per heavy atom. The molecule has 0 saturated heterocycles.